The van der Waals surface area contributed by atoms with Crippen molar-refractivity contribution in [3.8, 4) is 0 Å². The fourth-order valence-corrected chi connectivity index (χ4v) is 2.11. The van der Waals surface area contributed by atoms with Crippen LogP contribution < -0.4 is 5.73 Å². The van der Waals surface area contributed by atoms with Gasteiger partial charge in [-0.15, -0.1) is 12.4 Å². The van der Waals surface area contributed by atoms with Crippen LogP contribution in [0.5, 0.6) is 0 Å². The van der Waals surface area contributed by atoms with E-state index < -0.39 is 6.04 Å². The van der Waals surface area contributed by atoms with E-state index in [4.69, 9.17) is 10.5 Å². The summed E-state index contributed by atoms with van der Waals surface area (Å²) in [6.07, 6.45) is 0. The van der Waals surface area contributed by atoms with Gasteiger partial charge in [0.1, 0.15) is 6.04 Å². The maximum Gasteiger partial charge on any atom is 0.322 e. The van der Waals surface area contributed by atoms with Gasteiger partial charge in [0.25, 0.3) is 0 Å². The highest BCUT2D eigenvalue weighted by atomic mass is 35.5. The van der Waals surface area contributed by atoms with Gasteiger partial charge in [-0.05, 0) is 17.8 Å². The molecule has 4 atom stereocenters. The summed E-state index contributed by atoms with van der Waals surface area (Å²) >= 11 is 0. The lowest BCUT2D eigenvalue weighted by Crippen LogP contribution is -2.35. The van der Waals surface area contributed by atoms with E-state index in [1.807, 2.05) is 0 Å². The molecular weight excluding hydrogens is 194 g/mol. The Balaban J connectivity index is 0.000000845. The molecular formula is C8H14ClNO3. The van der Waals surface area contributed by atoms with Crippen molar-refractivity contribution in [2.24, 2.45) is 23.5 Å². The number of methoxy groups -OCH3 is 1. The van der Waals surface area contributed by atoms with Crippen molar-refractivity contribution in [3.05, 3.63) is 0 Å². The molecule has 13 heavy (non-hydrogen) atoms. The molecule has 0 spiro atoms. The minimum Gasteiger partial charge on any atom is -0.468 e. The van der Waals surface area contributed by atoms with Crippen LogP contribution >= 0.6 is 12.4 Å². The number of nitrogens with two attached hydrogens (primary N) is 1. The topological polar surface area (TPSA) is 61.5 Å². The third-order valence-corrected chi connectivity index (χ3v) is 2.91. The molecule has 2 N–H and O–H groups in total. The van der Waals surface area contributed by atoms with Crippen molar-refractivity contribution in [2.45, 2.75) is 6.04 Å². The van der Waals surface area contributed by atoms with Crippen LogP contribution in [-0.2, 0) is 14.3 Å². The lowest BCUT2D eigenvalue weighted by molar-refractivity contribution is -0.143. The van der Waals surface area contributed by atoms with E-state index in [1.165, 1.54) is 7.11 Å². The van der Waals surface area contributed by atoms with Crippen LogP contribution in [0, 0.1) is 17.8 Å². The van der Waals surface area contributed by atoms with Gasteiger partial charge in [0.05, 0.1) is 20.3 Å². The van der Waals surface area contributed by atoms with Gasteiger partial charge in [0.15, 0.2) is 0 Å². The molecule has 2 aliphatic rings. The van der Waals surface area contributed by atoms with Crippen molar-refractivity contribution in [1.82, 2.24) is 0 Å². The van der Waals surface area contributed by atoms with E-state index in [2.05, 4.69) is 4.74 Å². The van der Waals surface area contributed by atoms with Crippen molar-refractivity contribution >= 4 is 18.4 Å². The highest BCUT2D eigenvalue weighted by molar-refractivity contribution is 5.85. The number of carbonyl (C=O) groups is 1. The van der Waals surface area contributed by atoms with E-state index in [0.717, 1.165) is 13.2 Å². The van der Waals surface area contributed by atoms with Gasteiger partial charge in [0, 0.05) is 0 Å². The molecule has 1 saturated heterocycles. The Bertz CT molecular complexity index is 202. The first kappa shape index (κ1) is 10.8. The van der Waals surface area contributed by atoms with Crippen LogP contribution in [0.2, 0.25) is 0 Å². The van der Waals surface area contributed by atoms with Crippen molar-refractivity contribution < 1.29 is 14.3 Å². The summed E-state index contributed by atoms with van der Waals surface area (Å²) in [6, 6.07) is -0.436. The van der Waals surface area contributed by atoms with Crippen molar-refractivity contribution in [2.75, 3.05) is 20.3 Å². The summed E-state index contributed by atoms with van der Waals surface area (Å²) in [5.74, 6) is 1.04. The number of hydrogen-bond acceptors (Lipinski definition) is 4. The summed E-state index contributed by atoms with van der Waals surface area (Å²) in [7, 11) is 1.37. The summed E-state index contributed by atoms with van der Waals surface area (Å²) in [4.78, 5) is 11.0. The van der Waals surface area contributed by atoms with Gasteiger partial charge >= 0.3 is 5.97 Å². The molecule has 1 heterocycles. The number of fused-ring (bicyclic) bond motifs is 1. The molecule has 0 radical (unpaired) electrons. The zero-order chi connectivity index (χ0) is 8.72. The summed E-state index contributed by atoms with van der Waals surface area (Å²) in [5, 5.41) is 0. The van der Waals surface area contributed by atoms with Crippen LogP contribution in [0.4, 0.5) is 0 Å². The number of halogens is 1. The van der Waals surface area contributed by atoms with Crippen LogP contribution in [0.1, 0.15) is 0 Å². The smallest absolute Gasteiger partial charge is 0.322 e. The normalized spacial score (nSPS) is 37.2. The van der Waals surface area contributed by atoms with Crippen LogP contribution in [0.15, 0.2) is 0 Å². The molecule has 1 unspecified atom stereocenters. The van der Waals surface area contributed by atoms with Gasteiger partial charge in [0.2, 0.25) is 0 Å². The molecule has 76 valence electrons. The molecule has 0 aromatic rings. The molecule has 0 aromatic heterocycles. The molecule has 4 nitrogen and oxygen atoms in total. The second-order valence-corrected chi connectivity index (χ2v) is 3.49. The largest absolute Gasteiger partial charge is 0.468 e. The maximum atomic E-state index is 11.0. The standard InChI is InChI=1S/C8H13NO3.ClH/c1-11-8(10)7(9)6-4-2-12-3-5(4)6;/h4-7H,2-3,9H2,1H3;1H/t4-,5+,6-,7?;. The second-order valence-electron chi connectivity index (χ2n) is 3.49. The second kappa shape index (κ2) is 3.82. The van der Waals surface area contributed by atoms with Gasteiger partial charge in [-0.1, -0.05) is 0 Å². The number of carbonyl (C=O) groups excluding carboxylic acids is 1. The molecule has 1 aliphatic carbocycles. The summed E-state index contributed by atoms with van der Waals surface area (Å²) in [5.41, 5.74) is 5.69. The van der Waals surface area contributed by atoms with Gasteiger partial charge < -0.3 is 15.2 Å². The Hall–Kier alpha value is -0.320. The van der Waals surface area contributed by atoms with Gasteiger partial charge in [-0.25, -0.2) is 0 Å². The van der Waals surface area contributed by atoms with Crippen molar-refractivity contribution in [1.29, 1.82) is 0 Å². The number of esters is 1. The lowest BCUT2D eigenvalue weighted by atomic mass is 10.1. The third-order valence-electron chi connectivity index (χ3n) is 2.91. The number of hydrogen-bond donors (Lipinski definition) is 1. The predicted octanol–water partition coefficient (Wildman–Crippen LogP) is -0.199. The first-order valence-electron chi connectivity index (χ1n) is 4.17. The highest BCUT2D eigenvalue weighted by Crippen LogP contribution is 2.52. The zero-order valence-electron chi connectivity index (χ0n) is 7.43. The van der Waals surface area contributed by atoms with Gasteiger partial charge in [-0.2, -0.15) is 0 Å². The number of ether oxygens (including phenoxy) is 2. The van der Waals surface area contributed by atoms with E-state index in [9.17, 15) is 4.79 Å². The van der Waals surface area contributed by atoms with E-state index >= 15 is 0 Å². The van der Waals surface area contributed by atoms with E-state index in [-0.39, 0.29) is 18.4 Å². The van der Waals surface area contributed by atoms with Gasteiger partial charge in [-0.3, -0.25) is 4.79 Å². The molecule has 1 saturated carbocycles. The average Bonchev–Trinajstić information content (AvgIpc) is 2.56. The fourth-order valence-electron chi connectivity index (χ4n) is 2.11. The van der Waals surface area contributed by atoms with Crippen LogP contribution in [0.25, 0.3) is 0 Å². The Morgan fingerprint density at radius 3 is 2.54 bits per heavy atom. The van der Waals surface area contributed by atoms with Crippen molar-refractivity contribution in [3.63, 3.8) is 0 Å². The SMILES string of the molecule is COC(=O)C(N)[C@@H]1[C@@H]2COC[C@@H]21.Cl. The molecule has 2 fully saturated rings. The maximum absolute atomic E-state index is 11.0. The van der Waals surface area contributed by atoms with E-state index in [1.54, 1.807) is 0 Å². The highest BCUT2D eigenvalue weighted by Gasteiger charge is 2.58. The Morgan fingerprint density at radius 1 is 1.54 bits per heavy atom. The molecule has 0 aromatic carbocycles. The average molecular weight is 208 g/mol. The zero-order valence-corrected chi connectivity index (χ0v) is 8.25. The summed E-state index contributed by atoms with van der Waals surface area (Å²) < 4.78 is 9.77. The summed E-state index contributed by atoms with van der Waals surface area (Å²) in [6.45, 7) is 1.53. The predicted molar refractivity (Wildman–Crippen MR) is 48.5 cm³/mol. The minimum absolute atomic E-state index is 0. The molecule has 1 aliphatic heterocycles. The Morgan fingerprint density at radius 2 is 2.08 bits per heavy atom. The first-order chi connectivity index (χ1) is 5.75. The van der Waals surface area contributed by atoms with Crippen LogP contribution in [-0.4, -0.2) is 32.3 Å². The number of rotatable bonds is 2. The van der Waals surface area contributed by atoms with E-state index in [0.29, 0.717) is 17.8 Å². The third kappa shape index (κ3) is 1.66. The lowest BCUT2D eigenvalue weighted by Gasteiger charge is -2.10. The minimum atomic E-state index is -0.436. The first-order valence-corrected chi connectivity index (χ1v) is 4.17. The Labute approximate surface area is 83.2 Å². The van der Waals surface area contributed by atoms with Crippen LogP contribution in [0.3, 0.4) is 0 Å². The fraction of sp³-hybridized carbons (Fsp3) is 0.875. The molecule has 0 amide bonds. The monoisotopic (exact) mass is 207 g/mol. The molecule has 2 rings (SSSR count). The Kier molecular flexibility index (Phi) is 3.16. The molecule has 0 bridgehead atoms. The molecule has 5 heteroatoms. The quantitative estimate of drug-likeness (QED) is 0.638.